The Kier molecular flexibility index (Phi) is 11.6. The molecule has 1 aromatic rings. The molecule has 0 aromatic heterocycles. The topological polar surface area (TPSA) is 58.1 Å². The van der Waals surface area contributed by atoms with Gasteiger partial charge in [0, 0.05) is 31.7 Å². The highest BCUT2D eigenvalue weighted by Gasteiger charge is 2.09. The van der Waals surface area contributed by atoms with Crippen molar-refractivity contribution in [3.8, 4) is 5.75 Å². The van der Waals surface area contributed by atoms with Crippen LogP contribution < -0.4 is 15.4 Å². The monoisotopic (exact) mass is 462 g/mol. The van der Waals surface area contributed by atoms with Crippen molar-refractivity contribution in [1.29, 1.82) is 0 Å². The number of nitrogens with one attached hydrogen (secondary N) is 2. The molecule has 2 rings (SSSR count). The third-order valence-electron chi connectivity index (χ3n) is 3.99. The fraction of sp³-hybridized carbons (Fsp3) is 0.611. The maximum absolute atomic E-state index is 5.38. The van der Waals surface area contributed by atoms with E-state index in [0.717, 1.165) is 69.6 Å². The highest BCUT2D eigenvalue weighted by molar-refractivity contribution is 14.0. The van der Waals surface area contributed by atoms with Crippen molar-refractivity contribution in [3.63, 3.8) is 0 Å². The Hall–Kier alpha value is -1.06. The Morgan fingerprint density at radius 1 is 1.24 bits per heavy atom. The van der Waals surface area contributed by atoms with Crippen molar-refractivity contribution in [2.75, 3.05) is 53.0 Å². The number of morpholine rings is 1. The minimum atomic E-state index is 0. The van der Waals surface area contributed by atoms with E-state index in [0.29, 0.717) is 6.54 Å². The van der Waals surface area contributed by atoms with Gasteiger partial charge in [-0.3, -0.25) is 4.90 Å². The number of para-hydroxylation sites is 1. The van der Waals surface area contributed by atoms with Gasteiger partial charge in [0.1, 0.15) is 5.75 Å². The lowest BCUT2D eigenvalue weighted by atomic mass is 10.2. The minimum absolute atomic E-state index is 0. The standard InChI is InChI=1S/C18H30N4O2.HI/c1-3-19-18(20-9-6-10-22-11-13-24-14-12-22)21-15-16-7-4-5-8-17(16)23-2;/h4-5,7-8H,3,6,9-15H2,1-2H3,(H2,19,20,21);1H. The second-order valence-electron chi connectivity index (χ2n) is 5.74. The second-order valence-corrected chi connectivity index (χ2v) is 5.74. The van der Waals surface area contributed by atoms with Crippen LogP contribution >= 0.6 is 24.0 Å². The average Bonchev–Trinajstić information content (AvgIpc) is 2.64. The van der Waals surface area contributed by atoms with Crippen molar-refractivity contribution in [2.45, 2.75) is 19.9 Å². The lowest BCUT2D eigenvalue weighted by molar-refractivity contribution is 0.0376. The van der Waals surface area contributed by atoms with E-state index in [4.69, 9.17) is 9.47 Å². The number of aliphatic imine (C=N–C) groups is 1. The average molecular weight is 462 g/mol. The molecule has 1 aliphatic rings. The van der Waals surface area contributed by atoms with Crippen LogP contribution in [0.4, 0.5) is 0 Å². The minimum Gasteiger partial charge on any atom is -0.496 e. The fourth-order valence-electron chi connectivity index (χ4n) is 2.67. The predicted molar refractivity (Wildman–Crippen MR) is 113 cm³/mol. The number of halogens is 1. The van der Waals surface area contributed by atoms with Crippen LogP contribution in [0, 0.1) is 0 Å². The second kappa shape index (κ2) is 13.2. The van der Waals surface area contributed by atoms with E-state index in [2.05, 4.69) is 27.4 Å². The van der Waals surface area contributed by atoms with Gasteiger partial charge in [-0.25, -0.2) is 4.99 Å². The molecule has 1 aromatic carbocycles. The molecule has 25 heavy (non-hydrogen) atoms. The summed E-state index contributed by atoms with van der Waals surface area (Å²) < 4.78 is 10.7. The van der Waals surface area contributed by atoms with Gasteiger partial charge in [0.25, 0.3) is 0 Å². The number of ether oxygens (including phenoxy) is 2. The summed E-state index contributed by atoms with van der Waals surface area (Å²) in [5, 5.41) is 6.70. The van der Waals surface area contributed by atoms with Gasteiger partial charge in [0.05, 0.1) is 26.9 Å². The molecule has 0 radical (unpaired) electrons. The summed E-state index contributed by atoms with van der Waals surface area (Å²) in [5.74, 6) is 1.73. The number of hydrogen-bond acceptors (Lipinski definition) is 4. The zero-order chi connectivity index (χ0) is 17.0. The van der Waals surface area contributed by atoms with Crippen molar-refractivity contribution in [1.82, 2.24) is 15.5 Å². The summed E-state index contributed by atoms with van der Waals surface area (Å²) >= 11 is 0. The smallest absolute Gasteiger partial charge is 0.191 e. The van der Waals surface area contributed by atoms with Crippen LogP contribution in [-0.2, 0) is 11.3 Å². The van der Waals surface area contributed by atoms with E-state index in [1.807, 2.05) is 24.3 Å². The maximum Gasteiger partial charge on any atom is 0.191 e. The molecule has 6 nitrogen and oxygen atoms in total. The maximum atomic E-state index is 5.38. The summed E-state index contributed by atoms with van der Waals surface area (Å²) in [6, 6.07) is 8.00. The first-order valence-corrected chi connectivity index (χ1v) is 8.77. The molecule has 0 atom stereocenters. The Morgan fingerprint density at radius 2 is 2.00 bits per heavy atom. The highest BCUT2D eigenvalue weighted by Crippen LogP contribution is 2.17. The van der Waals surface area contributed by atoms with Gasteiger partial charge in [0.2, 0.25) is 0 Å². The van der Waals surface area contributed by atoms with E-state index in [1.54, 1.807) is 7.11 Å². The molecule has 0 saturated carbocycles. The summed E-state index contributed by atoms with van der Waals surface area (Å²) in [7, 11) is 1.69. The van der Waals surface area contributed by atoms with Crippen molar-refractivity contribution in [3.05, 3.63) is 29.8 Å². The van der Waals surface area contributed by atoms with Crippen LogP contribution in [0.25, 0.3) is 0 Å². The number of benzene rings is 1. The Morgan fingerprint density at radius 3 is 2.72 bits per heavy atom. The number of methoxy groups -OCH3 is 1. The van der Waals surface area contributed by atoms with Gasteiger partial charge in [0.15, 0.2) is 5.96 Å². The lowest BCUT2D eigenvalue weighted by Gasteiger charge is -2.26. The van der Waals surface area contributed by atoms with Crippen LogP contribution in [0.2, 0.25) is 0 Å². The van der Waals surface area contributed by atoms with Gasteiger partial charge in [-0.15, -0.1) is 24.0 Å². The molecule has 142 valence electrons. The van der Waals surface area contributed by atoms with Crippen LogP contribution in [-0.4, -0.2) is 63.9 Å². The van der Waals surface area contributed by atoms with Crippen LogP contribution in [0.3, 0.4) is 0 Å². The van der Waals surface area contributed by atoms with Gasteiger partial charge < -0.3 is 20.1 Å². The third kappa shape index (κ3) is 8.24. The van der Waals surface area contributed by atoms with Crippen molar-refractivity contribution >= 4 is 29.9 Å². The van der Waals surface area contributed by atoms with Gasteiger partial charge >= 0.3 is 0 Å². The van der Waals surface area contributed by atoms with Crippen LogP contribution in [0.1, 0.15) is 18.9 Å². The molecule has 2 N–H and O–H groups in total. The van der Waals surface area contributed by atoms with E-state index < -0.39 is 0 Å². The molecule has 1 aliphatic heterocycles. The molecule has 1 saturated heterocycles. The van der Waals surface area contributed by atoms with E-state index in [9.17, 15) is 0 Å². The molecular formula is C18H31IN4O2. The van der Waals surface area contributed by atoms with E-state index in [1.165, 1.54) is 0 Å². The number of guanidine groups is 1. The molecule has 0 spiro atoms. The first-order chi connectivity index (χ1) is 11.8. The molecule has 0 amide bonds. The predicted octanol–water partition coefficient (Wildman–Crippen LogP) is 2.09. The zero-order valence-corrected chi connectivity index (χ0v) is 17.6. The van der Waals surface area contributed by atoms with Crippen LogP contribution in [0.15, 0.2) is 29.3 Å². The van der Waals surface area contributed by atoms with E-state index in [-0.39, 0.29) is 24.0 Å². The molecular weight excluding hydrogens is 431 g/mol. The SMILES string of the molecule is CCNC(=NCc1ccccc1OC)NCCCN1CCOCC1.I. The summed E-state index contributed by atoms with van der Waals surface area (Å²) in [4.78, 5) is 7.11. The third-order valence-corrected chi connectivity index (χ3v) is 3.99. The normalized spacial score (nSPS) is 15.4. The van der Waals surface area contributed by atoms with Crippen molar-refractivity contribution in [2.24, 2.45) is 4.99 Å². The molecule has 0 aliphatic carbocycles. The molecule has 0 bridgehead atoms. The first kappa shape index (κ1) is 22.0. The van der Waals surface area contributed by atoms with Gasteiger partial charge in [-0.1, -0.05) is 18.2 Å². The Labute approximate surface area is 168 Å². The Balaban J connectivity index is 0.00000312. The summed E-state index contributed by atoms with van der Waals surface area (Å²) in [6.45, 7) is 9.34. The van der Waals surface area contributed by atoms with E-state index >= 15 is 0 Å². The first-order valence-electron chi connectivity index (χ1n) is 8.77. The quantitative estimate of drug-likeness (QED) is 0.268. The van der Waals surface area contributed by atoms with Gasteiger partial charge in [-0.05, 0) is 26.0 Å². The highest BCUT2D eigenvalue weighted by atomic mass is 127. The largest absolute Gasteiger partial charge is 0.496 e. The van der Waals surface area contributed by atoms with Gasteiger partial charge in [-0.2, -0.15) is 0 Å². The molecule has 7 heteroatoms. The van der Waals surface area contributed by atoms with Crippen LogP contribution in [0.5, 0.6) is 5.75 Å². The van der Waals surface area contributed by atoms with Crippen molar-refractivity contribution < 1.29 is 9.47 Å². The molecule has 1 fully saturated rings. The lowest BCUT2D eigenvalue weighted by Crippen LogP contribution is -2.40. The summed E-state index contributed by atoms with van der Waals surface area (Å²) in [6.07, 6.45) is 1.10. The number of nitrogens with zero attached hydrogens (tertiary/aromatic N) is 2. The number of hydrogen-bond donors (Lipinski definition) is 2. The molecule has 1 heterocycles. The number of rotatable bonds is 8. The Bertz CT molecular complexity index is 508. The zero-order valence-electron chi connectivity index (χ0n) is 15.3. The fourth-order valence-corrected chi connectivity index (χ4v) is 2.67. The molecule has 0 unspecified atom stereocenters. The summed E-state index contributed by atoms with van der Waals surface area (Å²) in [5.41, 5.74) is 1.09.